The van der Waals surface area contributed by atoms with Crippen molar-refractivity contribution in [1.29, 1.82) is 0 Å². The molecule has 0 aliphatic rings. The molecule has 1 aromatic rings. The Hall–Kier alpha value is -2.37. The van der Waals surface area contributed by atoms with Gasteiger partial charge in [-0.1, -0.05) is 12.1 Å². The minimum Gasteiger partial charge on any atom is -0.479 e. The summed E-state index contributed by atoms with van der Waals surface area (Å²) in [5.41, 5.74) is 0.636. The number of hydrogen-bond donors (Lipinski definition) is 1. The lowest BCUT2D eigenvalue weighted by atomic mass is 10.2. The van der Waals surface area contributed by atoms with E-state index in [-0.39, 0.29) is 0 Å². The summed E-state index contributed by atoms with van der Waals surface area (Å²) in [6, 6.07) is 6.31. The zero-order valence-electron chi connectivity index (χ0n) is 9.07. The first kappa shape index (κ1) is 12.7. The zero-order valence-corrected chi connectivity index (χ0v) is 9.07. The van der Waals surface area contributed by atoms with Gasteiger partial charge in [-0.25, -0.2) is 4.79 Å². The van der Waals surface area contributed by atoms with E-state index in [2.05, 4.69) is 0 Å². The molecule has 0 spiro atoms. The molecule has 0 aliphatic heterocycles. The summed E-state index contributed by atoms with van der Waals surface area (Å²) >= 11 is 0. The lowest BCUT2D eigenvalue weighted by Crippen LogP contribution is -2.22. The summed E-state index contributed by atoms with van der Waals surface area (Å²) in [6.07, 6.45) is 1.23. The lowest BCUT2D eigenvalue weighted by molar-refractivity contribution is -0.400. The second-order valence-corrected chi connectivity index (χ2v) is 3.27. The van der Waals surface area contributed by atoms with E-state index in [1.54, 1.807) is 24.3 Å². The molecular weight excluding hydrogens is 226 g/mol. The zero-order chi connectivity index (χ0) is 12.8. The van der Waals surface area contributed by atoms with Gasteiger partial charge in [-0.3, -0.25) is 10.1 Å². The highest BCUT2D eigenvalue weighted by Gasteiger charge is 2.11. The van der Waals surface area contributed by atoms with Gasteiger partial charge in [0.25, 0.3) is 0 Å². The van der Waals surface area contributed by atoms with Crippen LogP contribution in [0.1, 0.15) is 12.5 Å². The van der Waals surface area contributed by atoms with Gasteiger partial charge >= 0.3 is 5.97 Å². The third-order valence-corrected chi connectivity index (χ3v) is 1.93. The van der Waals surface area contributed by atoms with Crippen LogP contribution in [-0.2, 0) is 4.79 Å². The second kappa shape index (κ2) is 5.64. The normalized spacial score (nSPS) is 12.3. The lowest BCUT2D eigenvalue weighted by Gasteiger charge is -2.09. The molecule has 0 radical (unpaired) electrons. The topological polar surface area (TPSA) is 89.7 Å². The van der Waals surface area contributed by atoms with Crippen LogP contribution >= 0.6 is 0 Å². The third-order valence-electron chi connectivity index (χ3n) is 1.93. The van der Waals surface area contributed by atoms with Crippen LogP contribution in [0, 0.1) is 10.1 Å². The minimum absolute atomic E-state index is 0.401. The largest absolute Gasteiger partial charge is 0.479 e. The van der Waals surface area contributed by atoms with Gasteiger partial charge in [0.1, 0.15) is 5.75 Å². The highest BCUT2D eigenvalue weighted by atomic mass is 16.6. The first-order valence-electron chi connectivity index (χ1n) is 4.80. The highest BCUT2D eigenvalue weighted by molar-refractivity contribution is 5.72. The van der Waals surface area contributed by atoms with Crippen LogP contribution in [0.4, 0.5) is 0 Å². The number of nitro groups is 1. The SMILES string of the molecule is CC(Oc1ccc(C=C[N+](=O)[O-])cc1)C(=O)O. The van der Waals surface area contributed by atoms with E-state index in [9.17, 15) is 14.9 Å². The standard InChI is InChI=1S/C11H11NO5/c1-8(11(13)14)17-10-4-2-9(3-5-10)6-7-12(15)16/h2-8H,1H3,(H,13,14). The Balaban J connectivity index is 2.68. The number of carbonyl (C=O) groups is 1. The Kier molecular flexibility index (Phi) is 4.21. The quantitative estimate of drug-likeness (QED) is 0.622. The van der Waals surface area contributed by atoms with Crippen LogP contribution in [-0.4, -0.2) is 22.1 Å². The molecule has 0 bridgehead atoms. The van der Waals surface area contributed by atoms with Crippen molar-refractivity contribution in [3.63, 3.8) is 0 Å². The van der Waals surface area contributed by atoms with Gasteiger partial charge in [0.15, 0.2) is 6.10 Å². The molecule has 1 unspecified atom stereocenters. The molecule has 6 nitrogen and oxygen atoms in total. The first-order chi connectivity index (χ1) is 7.99. The van der Waals surface area contributed by atoms with Gasteiger partial charge in [-0.2, -0.15) is 0 Å². The summed E-state index contributed by atoms with van der Waals surface area (Å²) in [6.45, 7) is 1.42. The Bertz CT molecular complexity index is 438. The minimum atomic E-state index is -1.05. The van der Waals surface area contributed by atoms with E-state index in [1.165, 1.54) is 13.0 Å². The average molecular weight is 237 g/mol. The van der Waals surface area contributed by atoms with Gasteiger partial charge in [-0.15, -0.1) is 0 Å². The van der Waals surface area contributed by atoms with Gasteiger partial charge in [0.05, 0.1) is 4.92 Å². The van der Waals surface area contributed by atoms with Gasteiger partial charge in [-0.05, 0) is 24.6 Å². The molecule has 17 heavy (non-hydrogen) atoms. The molecule has 1 aromatic carbocycles. The van der Waals surface area contributed by atoms with Crippen LogP contribution in [0.3, 0.4) is 0 Å². The number of rotatable bonds is 5. The van der Waals surface area contributed by atoms with E-state index >= 15 is 0 Å². The number of carboxylic acid groups (broad SMARTS) is 1. The Morgan fingerprint density at radius 2 is 2.06 bits per heavy atom. The number of carboxylic acids is 1. The van der Waals surface area contributed by atoms with Gasteiger partial charge in [0.2, 0.25) is 6.20 Å². The van der Waals surface area contributed by atoms with Crippen LogP contribution < -0.4 is 4.74 Å². The fourth-order valence-corrected chi connectivity index (χ4v) is 1.06. The van der Waals surface area contributed by atoms with Crippen molar-refractivity contribution in [3.05, 3.63) is 46.1 Å². The van der Waals surface area contributed by atoms with Crippen molar-refractivity contribution in [2.45, 2.75) is 13.0 Å². The van der Waals surface area contributed by atoms with E-state index < -0.39 is 17.0 Å². The third kappa shape index (κ3) is 4.33. The predicted molar refractivity (Wildman–Crippen MR) is 60.2 cm³/mol. The molecule has 0 aromatic heterocycles. The van der Waals surface area contributed by atoms with E-state index in [0.29, 0.717) is 11.3 Å². The molecular formula is C11H11NO5. The molecule has 0 fully saturated rings. The molecule has 6 heteroatoms. The molecule has 0 saturated carbocycles. The summed E-state index contributed by atoms with van der Waals surface area (Å²) in [4.78, 5) is 20.1. The number of benzene rings is 1. The monoisotopic (exact) mass is 237 g/mol. The number of ether oxygens (including phenoxy) is 1. The fourth-order valence-electron chi connectivity index (χ4n) is 1.06. The maximum absolute atomic E-state index is 10.5. The van der Waals surface area contributed by atoms with Crippen molar-refractivity contribution in [1.82, 2.24) is 0 Å². The molecule has 90 valence electrons. The van der Waals surface area contributed by atoms with Gasteiger partial charge < -0.3 is 9.84 Å². The van der Waals surface area contributed by atoms with Crippen LogP contribution in [0.5, 0.6) is 5.75 Å². The maximum atomic E-state index is 10.5. The van der Waals surface area contributed by atoms with Crippen molar-refractivity contribution in [2.75, 3.05) is 0 Å². The number of hydrogen-bond acceptors (Lipinski definition) is 4. The highest BCUT2D eigenvalue weighted by Crippen LogP contribution is 2.14. The van der Waals surface area contributed by atoms with Crippen LogP contribution in [0.15, 0.2) is 30.5 Å². The van der Waals surface area contributed by atoms with E-state index in [1.807, 2.05) is 0 Å². The van der Waals surface area contributed by atoms with Crippen LogP contribution in [0.2, 0.25) is 0 Å². The molecule has 1 atom stereocenters. The van der Waals surface area contributed by atoms with Crippen LogP contribution in [0.25, 0.3) is 6.08 Å². The molecule has 0 aliphatic carbocycles. The number of nitrogens with zero attached hydrogens (tertiary/aromatic N) is 1. The summed E-state index contributed by atoms with van der Waals surface area (Å²) in [5.74, 6) is -0.652. The summed E-state index contributed by atoms with van der Waals surface area (Å²) in [5, 5.41) is 18.7. The summed E-state index contributed by atoms with van der Waals surface area (Å²) in [7, 11) is 0. The maximum Gasteiger partial charge on any atom is 0.344 e. The van der Waals surface area contributed by atoms with Crippen molar-refractivity contribution < 1.29 is 19.6 Å². The van der Waals surface area contributed by atoms with Gasteiger partial charge in [0, 0.05) is 6.08 Å². The Labute approximate surface area is 97.3 Å². The fraction of sp³-hybridized carbons (Fsp3) is 0.182. The smallest absolute Gasteiger partial charge is 0.344 e. The van der Waals surface area contributed by atoms with Crippen molar-refractivity contribution >= 4 is 12.0 Å². The van der Waals surface area contributed by atoms with Crippen molar-refractivity contribution in [2.24, 2.45) is 0 Å². The molecule has 0 heterocycles. The summed E-state index contributed by atoms with van der Waals surface area (Å²) < 4.78 is 5.10. The predicted octanol–water partition coefficient (Wildman–Crippen LogP) is 1.79. The van der Waals surface area contributed by atoms with Crippen molar-refractivity contribution in [3.8, 4) is 5.75 Å². The second-order valence-electron chi connectivity index (χ2n) is 3.27. The molecule has 0 saturated heterocycles. The van der Waals surface area contributed by atoms with E-state index in [0.717, 1.165) is 6.20 Å². The molecule has 1 rings (SSSR count). The molecule has 1 N–H and O–H groups in total. The van der Waals surface area contributed by atoms with E-state index in [4.69, 9.17) is 9.84 Å². The Morgan fingerprint density at radius 3 is 2.53 bits per heavy atom. The average Bonchev–Trinajstić information content (AvgIpc) is 2.28. The first-order valence-corrected chi connectivity index (χ1v) is 4.80. The molecule has 0 amide bonds. The Morgan fingerprint density at radius 1 is 1.47 bits per heavy atom. The number of aliphatic carboxylic acids is 1.